The molecule has 116 valence electrons. The molecule has 0 unspecified atom stereocenters. The Bertz CT molecular complexity index is 747. The van der Waals surface area contributed by atoms with Crippen molar-refractivity contribution in [1.82, 2.24) is 19.7 Å². The molecule has 0 saturated carbocycles. The molecule has 0 aliphatic heterocycles. The Morgan fingerprint density at radius 3 is 2.82 bits per heavy atom. The molecule has 0 N–H and O–H groups in total. The van der Waals surface area contributed by atoms with Crippen LogP contribution in [-0.2, 0) is 13.0 Å². The molecule has 0 fully saturated rings. The number of aryl methyl sites for hydroxylation is 2. The third-order valence-electron chi connectivity index (χ3n) is 3.96. The van der Waals surface area contributed by atoms with Crippen LogP contribution in [0.1, 0.15) is 24.3 Å². The van der Waals surface area contributed by atoms with Crippen molar-refractivity contribution in [2.24, 2.45) is 0 Å². The number of fused-ring (bicyclic) bond motifs is 1. The van der Waals surface area contributed by atoms with E-state index in [1.54, 1.807) is 17.7 Å². The zero-order valence-corrected chi connectivity index (χ0v) is 14.1. The number of nitrogens with zero attached hydrogens (tertiary/aromatic N) is 5. The van der Waals surface area contributed by atoms with E-state index in [4.69, 9.17) is 0 Å². The summed E-state index contributed by atoms with van der Waals surface area (Å²) < 4.78 is 1.96. The lowest BCUT2D eigenvalue weighted by Gasteiger charge is -2.23. The number of thiophene rings is 1. The third kappa shape index (κ3) is 2.70. The highest BCUT2D eigenvalue weighted by molar-refractivity contribution is 7.18. The summed E-state index contributed by atoms with van der Waals surface area (Å²) in [6.45, 7) is 9.22. The van der Waals surface area contributed by atoms with E-state index in [0.717, 1.165) is 36.7 Å². The number of hydrogen-bond acceptors (Lipinski definition) is 5. The van der Waals surface area contributed by atoms with Gasteiger partial charge in [-0.15, -0.1) is 11.3 Å². The van der Waals surface area contributed by atoms with E-state index in [9.17, 15) is 0 Å². The number of rotatable bonds is 6. The molecule has 0 aliphatic carbocycles. The van der Waals surface area contributed by atoms with Crippen LogP contribution < -0.4 is 4.90 Å². The first-order valence-electron chi connectivity index (χ1n) is 7.69. The lowest BCUT2D eigenvalue weighted by atomic mass is 10.1. The summed E-state index contributed by atoms with van der Waals surface area (Å²) in [5.74, 6) is 1.06. The first-order chi connectivity index (χ1) is 10.7. The second-order valence-corrected chi connectivity index (χ2v) is 6.42. The summed E-state index contributed by atoms with van der Waals surface area (Å²) >= 11 is 1.77. The van der Waals surface area contributed by atoms with E-state index in [-0.39, 0.29) is 0 Å². The largest absolute Gasteiger partial charge is 0.354 e. The minimum Gasteiger partial charge on any atom is -0.354 e. The van der Waals surface area contributed by atoms with Crippen LogP contribution in [0.4, 0.5) is 5.82 Å². The number of likely N-dealkylation sites (N-methyl/N-ethyl adjacent to an activating group) is 1. The van der Waals surface area contributed by atoms with Crippen molar-refractivity contribution in [2.75, 3.05) is 18.0 Å². The quantitative estimate of drug-likeness (QED) is 0.700. The predicted molar refractivity (Wildman–Crippen MR) is 91.6 cm³/mol. The predicted octanol–water partition coefficient (Wildman–Crippen LogP) is 3.29. The highest BCUT2D eigenvalue weighted by Crippen LogP contribution is 2.35. The highest BCUT2D eigenvalue weighted by atomic mass is 32.1. The van der Waals surface area contributed by atoms with Crippen molar-refractivity contribution in [3.63, 3.8) is 0 Å². The van der Waals surface area contributed by atoms with E-state index in [1.807, 2.05) is 23.1 Å². The molecule has 3 aromatic rings. The van der Waals surface area contributed by atoms with Gasteiger partial charge in [0.1, 0.15) is 17.0 Å². The highest BCUT2D eigenvalue weighted by Gasteiger charge is 2.17. The Morgan fingerprint density at radius 1 is 1.27 bits per heavy atom. The molecule has 0 aliphatic rings. The molecule has 0 aromatic carbocycles. The molecule has 3 rings (SSSR count). The van der Waals surface area contributed by atoms with Crippen molar-refractivity contribution in [3.05, 3.63) is 35.2 Å². The van der Waals surface area contributed by atoms with E-state index < -0.39 is 0 Å². The summed E-state index contributed by atoms with van der Waals surface area (Å²) in [6, 6.07) is 1.95. The molecule has 0 amide bonds. The molecule has 0 atom stereocenters. The average molecular weight is 315 g/mol. The monoisotopic (exact) mass is 315 g/mol. The van der Waals surface area contributed by atoms with Crippen LogP contribution in [0, 0.1) is 6.92 Å². The number of anilines is 1. The van der Waals surface area contributed by atoms with Crippen LogP contribution in [0.2, 0.25) is 0 Å². The summed E-state index contributed by atoms with van der Waals surface area (Å²) in [5, 5.41) is 5.51. The Kier molecular flexibility index (Phi) is 4.38. The molecule has 0 radical (unpaired) electrons. The van der Waals surface area contributed by atoms with Crippen LogP contribution in [0.5, 0.6) is 0 Å². The van der Waals surface area contributed by atoms with Gasteiger partial charge in [-0.05, 0) is 31.9 Å². The van der Waals surface area contributed by atoms with Crippen LogP contribution in [0.3, 0.4) is 0 Å². The van der Waals surface area contributed by atoms with E-state index >= 15 is 0 Å². The van der Waals surface area contributed by atoms with Gasteiger partial charge in [-0.3, -0.25) is 4.68 Å². The molecule has 0 spiro atoms. The van der Waals surface area contributed by atoms with Crippen molar-refractivity contribution in [1.29, 1.82) is 0 Å². The molecular weight excluding hydrogens is 294 g/mol. The lowest BCUT2D eigenvalue weighted by Crippen LogP contribution is -2.28. The second-order valence-electron chi connectivity index (χ2n) is 5.22. The Balaban J connectivity index is 1.95. The van der Waals surface area contributed by atoms with E-state index in [0.29, 0.717) is 0 Å². The summed E-state index contributed by atoms with van der Waals surface area (Å²) in [7, 11) is 0. The van der Waals surface area contributed by atoms with Gasteiger partial charge < -0.3 is 4.90 Å². The van der Waals surface area contributed by atoms with Gasteiger partial charge >= 0.3 is 0 Å². The maximum Gasteiger partial charge on any atom is 0.141 e. The van der Waals surface area contributed by atoms with Crippen LogP contribution in [-0.4, -0.2) is 32.8 Å². The zero-order valence-electron chi connectivity index (χ0n) is 13.3. The molecule has 3 heterocycles. The summed E-state index contributed by atoms with van der Waals surface area (Å²) in [5.41, 5.74) is 1.38. The van der Waals surface area contributed by atoms with Crippen LogP contribution in [0.25, 0.3) is 10.2 Å². The Hall–Kier alpha value is -1.95. The molecular formula is C16H21N5S. The minimum atomic E-state index is 0.858. The average Bonchev–Trinajstić information content (AvgIpc) is 3.14. The maximum atomic E-state index is 4.59. The normalized spacial score (nSPS) is 11.2. The van der Waals surface area contributed by atoms with Gasteiger partial charge in [-0.1, -0.05) is 6.92 Å². The van der Waals surface area contributed by atoms with Gasteiger partial charge in [-0.25, -0.2) is 9.97 Å². The fraction of sp³-hybridized carbons (Fsp3) is 0.438. The third-order valence-corrected chi connectivity index (χ3v) is 5.02. The lowest BCUT2D eigenvalue weighted by molar-refractivity contribution is 0.598. The van der Waals surface area contributed by atoms with Crippen molar-refractivity contribution in [2.45, 2.75) is 33.7 Å². The molecule has 3 aromatic heterocycles. The number of hydrogen-bond donors (Lipinski definition) is 0. The number of aromatic nitrogens is 4. The van der Waals surface area contributed by atoms with E-state index in [2.05, 4.69) is 40.7 Å². The minimum absolute atomic E-state index is 0.858. The van der Waals surface area contributed by atoms with Gasteiger partial charge in [-0.2, -0.15) is 5.10 Å². The van der Waals surface area contributed by atoms with Gasteiger partial charge in [0.25, 0.3) is 0 Å². The fourth-order valence-corrected chi connectivity index (χ4v) is 3.90. The molecule has 0 bridgehead atoms. The SMILES string of the molecule is CCc1c(C)sc2ncnc(N(CC)CCn3cccn3)c12. The van der Waals surface area contributed by atoms with Gasteiger partial charge in [0.2, 0.25) is 0 Å². The summed E-state index contributed by atoms with van der Waals surface area (Å²) in [6.07, 6.45) is 6.51. The van der Waals surface area contributed by atoms with Gasteiger partial charge in [0.15, 0.2) is 0 Å². The molecule has 22 heavy (non-hydrogen) atoms. The molecule has 0 saturated heterocycles. The van der Waals surface area contributed by atoms with Crippen LogP contribution >= 0.6 is 11.3 Å². The summed E-state index contributed by atoms with van der Waals surface area (Å²) in [4.78, 5) is 13.8. The van der Waals surface area contributed by atoms with Crippen molar-refractivity contribution in [3.8, 4) is 0 Å². The topological polar surface area (TPSA) is 46.8 Å². The van der Waals surface area contributed by atoms with Gasteiger partial charge in [0, 0.05) is 30.4 Å². The maximum absolute atomic E-state index is 4.59. The molecule has 5 nitrogen and oxygen atoms in total. The zero-order chi connectivity index (χ0) is 15.5. The standard InChI is InChI=1S/C16H21N5S/c1-4-13-12(3)22-16-14(13)15(17-11-18-16)20(5-2)9-10-21-8-6-7-19-21/h6-8,11H,4-5,9-10H2,1-3H3. The second kappa shape index (κ2) is 6.44. The van der Waals surface area contributed by atoms with Crippen LogP contribution in [0.15, 0.2) is 24.8 Å². The van der Waals surface area contributed by atoms with Crippen molar-refractivity contribution < 1.29 is 0 Å². The first-order valence-corrected chi connectivity index (χ1v) is 8.51. The van der Waals surface area contributed by atoms with Crippen molar-refractivity contribution >= 4 is 27.4 Å². The molecule has 6 heteroatoms. The Labute approximate surface area is 134 Å². The smallest absolute Gasteiger partial charge is 0.141 e. The Morgan fingerprint density at radius 2 is 2.14 bits per heavy atom. The van der Waals surface area contributed by atoms with E-state index in [1.165, 1.54) is 15.8 Å². The fourth-order valence-electron chi connectivity index (χ4n) is 2.82. The first kappa shape index (κ1) is 15.0. The van der Waals surface area contributed by atoms with Gasteiger partial charge in [0.05, 0.1) is 11.9 Å².